The monoisotopic (exact) mass is 303 g/mol. The first-order chi connectivity index (χ1) is 9.76. The van der Waals surface area contributed by atoms with E-state index in [2.05, 4.69) is 34.7 Å². The van der Waals surface area contributed by atoms with Crippen molar-refractivity contribution in [2.45, 2.75) is 25.8 Å². The van der Waals surface area contributed by atoms with Crippen molar-refractivity contribution in [1.82, 2.24) is 4.98 Å². The third-order valence-corrected chi connectivity index (χ3v) is 5.11. The zero-order chi connectivity index (χ0) is 13.9. The van der Waals surface area contributed by atoms with Crippen LogP contribution in [-0.4, -0.2) is 4.98 Å². The lowest BCUT2D eigenvalue weighted by Crippen LogP contribution is -2.08. The first-order valence-electron chi connectivity index (χ1n) is 6.72. The highest BCUT2D eigenvalue weighted by Crippen LogP contribution is 2.32. The van der Waals surface area contributed by atoms with E-state index in [1.54, 1.807) is 22.7 Å². The van der Waals surface area contributed by atoms with Crippen LogP contribution in [-0.2, 0) is 0 Å². The summed E-state index contributed by atoms with van der Waals surface area (Å²) in [6.07, 6.45) is 2.26. The normalized spacial score (nSPS) is 12.7. The number of nitrogens with zero attached hydrogens (tertiary/aromatic N) is 1. The topological polar surface area (TPSA) is 50.9 Å². The van der Waals surface area contributed by atoms with E-state index < -0.39 is 0 Å². The van der Waals surface area contributed by atoms with Gasteiger partial charge in [-0.3, -0.25) is 0 Å². The number of nitrogens with two attached hydrogens (primary N) is 1. The van der Waals surface area contributed by atoms with Gasteiger partial charge in [-0.25, -0.2) is 4.98 Å². The van der Waals surface area contributed by atoms with Crippen LogP contribution in [0.25, 0.3) is 10.2 Å². The minimum Gasteiger partial charge on any atom is -0.399 e. The van der Waals surface area contributed by atoms with Crippen LogP contribution in [0.5, 0.6) is 0 Å². The van der Waals surface area contributed by atoms with E-state index in [-0.39, 0.29) is 0 Å². The number of anilines is 2. The number of nitrogens with one attached hydrogen (secondary N) is 1. The van der Waals surface area contributed by atoms with Gasteiger partial charge in [0.1, 0.15) is 0 Å². The van der Waals surface area contributed by atoms with Gasteiger partial charge in [0.25, 0.3) is 0 Å². The zero-order valence-corrected chi connectivity index (χ0v) is 12.9. The van der Waals surface area contributed by atoms with Crippen LogP contribution in [0.15, 0.2) is 35.7 Å². The average molecular weight is 303 g/mol. The van der Waals surface area contributed by atoms with Gasteiger partial charge in [0, 0.05) is 10.6 Å². The molecule has 104 valence electrons. The molecule has 2 aromatic heterocycles. The number of fused-ring (bicyclic) bond motifs is 1. The lowest BCUT2D eigenvalue weighted by atomic mass is 10.1. The van der Waals surface area contributed by atoms with Crippen LogP contribution in [0, 0.1) is 0 Å². The zero-order valence-electron chi connectivity index (χ0n) is 11.3. The van der Waals surface area contributed by atoms with Gasteiger partial charge in [-0.05, 0) is 36.1 Å². The fraction of sp³-hybridized carbons (Fsp3) is 0.267. The van der Waals surface area contributed by atoms with Gasteiger partial charge in [0.15, 0.2) is 5.13 Å². The van der Waals surface area contributed by atoms with E-state index in [4.69, 9.17) is 5.73 Å². The molecule has 3 rings (SSSR count). The molecular weight excluding hydrogens is 286 g/mol. The van der Waals surface area contributed by atoms with Crippen LogP contribution in [0.4, 0.5) is 10.8 Å². The number of hydrogen-bond acceptors (Lipinski definition) is 5. The highest BCUT2D eigenvalue weighted by atomic mass is 32.1. The molecule has 5 heteroatoms. The summed E-state index contributed by atoms with van der Waals surface area (Å²) in [6.45, 7) is 2.21. The largest absolute Gasteiger partial charge is 0.399 e. The Kier molecular flexibility index (Phi) is 3.89. The highest BCUT2D eigenvalue weighted by Gasteiger charge is 2.14. The number of nitrogen functional groups attached to an aromatic ring is 1. The van der Waals surface area contributed by atoms with Crippen LogP contribution in [0.2, 0.25) is 0 Å². The summed E-state index contributed by atoms with van der Waals surface area (Å²) in [5, 5.41) is 6.66. The third-order valence-electron chi connectivity index (χ3n) is 3.17. The highest BCUT2D eigenvalue weighted by molar-refractivity contribution is 7.22. The Hall–Kier alpha value is -1.59. The summed E-state index contributed by atoms with van der Waals surface area (Å²) in [6, 6.07) is 10.5. The predicted octanol–water partition coefficient (Wildman–Crippen LogP) is 4.89. The van der Waals surface area contributed by atoms with Gasteiger partial charge < -0.3 is 11.1 Å². The van der Waals surface area contributed by atoms with Crippen molar-refractivity contribution in [2.24, 2.45) is 0 Å². The maximum Gasteiger partial charge on any atom is 0.184 e. The molecular formula is C15H17N3S2. The van der Waals surface area contributed by atoms with E-state index in [9.17, 15) is 0 Å². The molecule has 1 aromatic carbocycles. The molecule has 3 aromatic rings. The Morgan fingerprint density at radius 1 is 1.35 bits per heavy atom. The predicted molar refractivity (Wildman–Crippen MR) is 89.6 cm³/mol. The van der Waals surface area contributed by atoms with Gasteiger partial charge in [-0.2, -0.15) is 0 Å². The minimum absolute atomic E-state index is 0.345. The van der Waals surface area contributed by atoms with Crippen molar-refractivity contribution in [1.29, 1.82) is 0 Å². The summed E-state index contributed by atoms with van der Waals surface area (Å²) in [4.78, 5) is 6.01. The Balaban J connectivity index is 1.86. The van der Waals surface area contributed by atoms with Gasteiger partial charge in [0.05, 0.1) is 16.3 Å². The van der Waals surface area contributed by atoms with E-state index in [0.29, 0.717) is 6.04 Å². The van der Waals surface area contributed by atoms with Crippen molar-refractivity contribution in [3.63, 3.8) is 0 Å². The van der Waals surface area contributed by atoms with Crippen molar-refractivity contribution in [3.8, 4) is 0 Å². The quantitative estimate of drug-likeness (QED) is 0.660. The van der Waals surface area contributed by atoms with Crippen molar-refractivity contribution >= 4 is 43.7 Å². The Morgan fingerprint density at radius 3 is 3.00 bits per heavy atom. The molecule has 0 saturated carbocycles. The molecule has 0 fully saturated rings. The average Bonchev–Trinajstić information content (AvgIpc) is 3.06. The fourth-order valence-corrected chi connectivity index (χ4v) is 3.99. The van der Waals surface area contributed by atoms with Crippen molar-refractivity contribution in [2.75, 3.05) is 11.1 Å². The molecule has 0 amide bonds. The standard InChI is InChI=1S/C15H17N3S2/c1-2-4-11(13-5-3-8-19-13)17-15-18-12-7-6-10(16)9-14(12)20-15/h3,5-9,11H,2,4,16H2,1H3,(H,17,18). The van der Waals surface area contributed by atoms with Gasteiger partial charge in [-0.1, -0.05) is 30.7 Å². The first-order valence-corrected chi connectivity index (χ1v) is 8.42. The summed E-state index contributed by atoms with van der Waals surface area (Å²) in [5.41, 5.74) is 7.61. The maximum absolute atomic E-state index is 5.82. The van der Waals surface area contributed by atoms with E-state index >= 15 is 0 Å². The molecule has 3 nitrogen and oxygen atoms in total. The second kappa shape index (κ2) is 5.81. The molecule has 0 aliphatic rings. The SMILES string of the molecule is CCCC(Nc1nc2ccc(N)cc2s1)c1cccs1. The van der Waals surface area contributed by atoms with Crippen LogP contribution < -0.4 is 11.1 Å². The molecule has 0 saturated heterocycles. The van der Waals surface area contributed by atoms with E-state index in [1.165, 1.54) is 4.88 Å². The van der Waals surface area contributed by atoms with Crippen LogP contribution in [0.3, 0.4) is 0 Å². The van der Waals surface area contributed by atoms with E-state index in [0.717, 1.165) is 33.9 Å². The van der Waals surface area contributed by atoms with Gasteiger partial charge in [-0.15, -0.1) is 11.3 Å². The minimum atomic E-state index is 0.345. The van der Waals surface area contributed by atoms with Crippen molar-refractivity contribution in [3.05, 3.63) is 40.6 Å². The second-order valence-corrected chi connectivity index (χ2v) is 6.76. The molecule has 0 bridgehead atoms. The Bertz CT molecular complexity index is 688. The smallest absolute Gasteiger partial charge is 0.184 e. The van der Waals surface area contributed by atoms with Crippen LogP contribution >= 0.6 is 22.7 Å². The molecule has 1 atom stereocenters. The molecule has 20 heavy (non-hydrogen) atoms. The summed E-state index contributed by atoms with van der Waals surface area (Å²) in [7, 11) is 0. The summed E-state index contributed by atoms with van der Waals surface area (Å²) < 4.78 is 1.13. The van der Waals surface area contributed by atoms with Gasteiger partial charge >= 0.3 is 0 Å². The Labute approximate surface area is 126 Å². The summed E-state index contributed by atoms with van der Waals surface area (Å²) >= 11 is 3.46. The molecule has 0 radical (unpaired) electrons. The number of benzene rings is 1. The molecule has 0 aliphatic carbocycles. The van der Waals surface area contributed by atoms with E-state index in [1.807, 2.05) is 18.2 Å². The fourth-order valence-electron chi connectivity index (χ4n) is 2.22. The number of thiazole rings is 1. The molecule has 0 aliphatic heterocycles. The Morgan fingerprint density at radius 2 is 2.25 bits per heavy atom. The third kappa shape index (κ3) is 2.78. The summed E-state index contributed by atoms with van der Waals surface area (Å²) in [5.74, 6) is 0. The maximum atomic E-state index is 5.82. The number of rotatable bonds is 5. The molecule has 1 unspecified atom stereocenters. The second-order valence-electron chi connectivity index (χ2n) is 4.75. The van der Waals surface area contributed by atoms with Crippen LogP contribution in [0.1, 0.15) is 30.7 Å². The molecule has 2 heterocycles. The number of hydrogen-bond donors (Lipinski definition) is 2. The molecule has 0 spiro atoms. The molecule has 3 N–H and O–H groups in total. The number of aromatic nitrogens is 1. The lowest BCUT2D eigenvalue weighted by Gasteiger charge is -2.15. The first kappa shape index (κ1) is 13.4. The van der Waals surface area contributed by atoms with Crippen molar-refractivity contribution < 1.29 is 0 Å². The lowest BCUT2D eigenvalue weighted by molar-refractivity contribution is 0.687. The number of thiophene rings is 1. The van der Waals surface area contributed by atoms with Gasteiger partial charge in [0.2, 0.25) is 0 Å².